The van der Waals surface area contributed by atoms with E-state index < -0.39 is 24.2 Å². The van der Waals surface area contributed by atoms with E-state index >= 15 is 0 Å². The zero-order chi connectivity index (χ0) is 28.4. The smallest absolute Gasteiger partial charge is 0.471 e. The van der Waals surface area contributed by atoms with Crippen LogP contribution in [0.3, 0.4) is 0 Å². The highest BCUT2D eigenvalue weighted by atomic mass is 19.4. The summed E-state index contributed by atoms with van der Waals surface area (Å²) in [6, 6.07) is 12.3. The second-order valence-electron chi connectivity index (χ2n) is 8.22. The van der Waals surface area contributed by atoms with Gasteiger partial charge in [-0.3, -0.25) is 9.59 Å². The lowest BCUT2D eigenvalue weighted by molar-refractivity contribution is -0.167. The van der Waals surface area contributed by atoms with Gasteiger partial charge in [-0.25, -0.2) is 0 Å². The van der Waals surface area contributed by atoms with Crippen LogP contribution in [0.1, 0.15) is 11.1 Å². The van der Waals surface area contributed by atoms with Gasteiger partial charge in [-0.05, 0) is 71.5 Å². The maximum atomic E-state index is 12.6. The number of ether oxygens (including phenoxy) is 2. The molecule has 0 aromatic heterocycles. The van der Waals surface area contributed by atoms with E-state index in [1.54, 1.807) is 24.5 Å². The minimum absolute atomic E-state index is 0.0301. The van der Waals surface area contributed by atoms with Crippen molar-refractivity contribution in [3.8, 4) is 33.8 Å². The fourth-order valence-electron chi connectivity index (χ4n) is 3.75. The highest BCUT2D eigenvalue weighted by Crippen LogP contribution is 2.38. The molecule has 0 saturated carbocycles. The van der Waals surface area contributed by atoms with Crippen molar-refractivity contribution in [2.75, 3.05) is 24.9 Å². The van der Waals surface area contributed by atoms with E-state index in [4.69, 9.17) is 9.47 Å². The number of halogens is 6. The average molecular weight is 540 g/mol. The second-order valence-corrected chi connectivity index (χ2v) is 8.22. The molecular formula is C26H22F6N2O4. The molecule has 0 aliphatic heterocycles. The molecule has 12 heteroatoms. The average Bonchev–Trinajstić information content (AvgIpc) is 2.84. The number of hydrogen-bond acceptors (Lipinski definition) is 4. The van der Waals surface area contributed by atoms with Crippen LogP contribution < -0.4 is 20.1 Å². The van der Waals surface area contributed by atoms with Crippen LogP contribution in [0.2, 0.25) is 0 Å². The van der Waals surface area contributed by atoms with Gasteiger partial charge in [0, 0.05) is 0 Å². The zero-order valence-electron chi connectivity index (χ0n) is 20.5. The molecule has 0 spiro atoms. The number of benzene rings is 3. The number of carbonyl (C=O) groups excluding carboxylic acids is 2. The van der Waals surface area contributed by atoms with Gasteiger partial charge in [-0.1, -0.05) is 24.3 Å². The van der Waals surface area contributed by atoms with E-state index in [9.17, 15) is 35.9 Å². The molecule has 0 saturated heterocycles. The van der Waals surface area contributed by atoms with Gasteiger partial charge in [0.05, 0.1) is 25.6 Å². The van der Waals surface area contributed by atoms with Gasteiger partial charge in [0.1, 0.15) is 11.5 Å². The van der Waals surface area contributed by atoms with Crippen molar-refractivity contribution >= 4 is 23.2 Å². The van der Waals surface area contributed by atoms with Crippen molar-refractivity contribution < 1.29 is 45.4 Å². The molecule has 0 aliphatic carbocycles. The molecule has 0 radical (unpaired) electrons. The number of hydrogen-bond donors (Lipinski definition) is 2. The standard InChI is InChI=1S/C26H22F6N2O4/c1-13-9-18(16-6-8-20(22(12-16)38-4)34-24(36)26(30,31)32)14(2)10-17(13)15-5-7-19(21(11-15)37-3)33-23(35)25(27,28)29/h5-12H,1-4H3,(H,33,35)(H,34,36). The van der Waals surface area contributed by atoms with E-state index in [1.165, 1.54) is 50.6 Å². The molecule has 3 rings (SSSR count). The van der Waals surface area contributed by atoms with E-state index in [-0.39, 0.29) is 22.9 Å². The molecule has 2 amide bonds. The Morgan fingerprint density at radius 1 is 0.632 bits per heavy atom. The van der Waals surface area contributed by atoms with Crippen LogP contribution in [-0.4, -0.2) is 38.4 Å². The first-order valence-electron chi connectivity index (χ1n) is 10.9. The first-order chi connectivity index (χ1) is 17.6. The number of methoxy groups -OCH3 is 2. The SMILES string of the molecule is COc1cc(-c2cc(C)c(-c3ccc(NC(=O)C(F)(F)F)c(OC)c3)cc2C)ccc1NC(=O)C(F)(F)F. The minimum Gasteiger partial charge on any atom is -0.495 e. The van der Waals surface area contributed by atoms with Gasteiger partial charge in [-0.15, -0.1) is 0 Å². The summed E-state index contributed by atoms with van der Waals surface area (Å²) >= 11 is 0. The van der Waals surface area contributed by atoms with E-state index in [2.05, 4.69) is 0 Å². The van der Waals surface area contributed by atoms with Crippen LogP contribution >= 0.6 is 0 Å². The molecular weight excluding hydrogens is 518 g/mol. The molecule has 0 fully saturated rings. The lowest BCUT2D eigenvalue weighted by Gasteiger charge is -2.17. The molecule has 202 valence electrons. The van der Waals surface area contributed by atoms with Gasteiger partial charge in [0.25, 0.3) is 0 Å². The Morgan fingerprint density at radius 2 is 0.974 bits per heavy atom. The summed E-state index contributed by atoms with van der Waals surface area (Å²) in [4.78, 5) is 22.6. The first kappa shape index (κ1) is 28.4. The minimum atomic E-state index is -5.06. The summed E-state index contributed by atoms with van der Waals surface area (Å²) in [5, 5.41) is 3.57. The van der Waals surface area contributed by atoms with Gasteiger partial charge in [-0.2, -0.15) is 26.3 Å². The number of alkyl halides is 6. The van der Waals surface area contributed by atoms with Gasteiger partial charge in [0.15, 0.2) is 0 Å². The van der Waals surface area contributed by atoms with Gasteiger partial charge < -0.3 is 20.1 Å². The van der Waals surface area contributed by atoms with Crippen LogP contribution in [0.4, 0.5) is 37.7 Å². The molecule has 0 unspecified atom stereocenters. The summed E-state index contributed by atoms with van der Waals surface area (Å²) in [6.45, 7) is 3.61. The number of amides is 2. The lowest BCUT2D eigenvalue weighted by atomic mass is 9.91. The maximum Gasteiger partial charge on any atom is 0.471 e. The van der Waals surface area contributed by atoms with Crippen molar-refractivity contribution in [3.05, 3.63) is 59.7 Å². The summed E-state index contributed by atoms with van der Waals surface area (Å²) in [5.74, 6) is -4.19. The van der Waals surface area contributed by atoms with Crippen molar-refractivity contribution in [2.24, 2.45) is 0 Å². The van der Waals surface area contributed by atoms with Crippen LogP contribution in [0.5, 0.6) is 11.5 Å². The van der Waals surface area contributed by atoms with E-state index in [1.807, 2.05) is 12.1 Å². The first-order valence-corrected chi connectivity index (χ1v) is 10.9. The van der Waals surface area contributed by atoms with Crippen LogP contribution in [-0.2, 0) is 9.59 Å². The Hall–Kier alpha value is -4.22. The van der Waals surface area contributed by atoms with Crippen LogP contribution in [0, 0.1) is 13.8 Å². The Bertz CT molecular complexity index is 1280. The topological polar surface area (TPSA) is 76.7 Å². The lowest BCUT2D eigenvalue weighted by Crippen LogP contribution is -2.30. The third-order valence-electron chi connectivity index (χ3n) is 5.61. The summed E-state index contributed by atoms with van der Waals surface area (Å²) in [6.07, 6.45) is -10.1. The number of anilines is 2. The Morgan fingerprint density at radius 3 is 1.26 bits per heavy atom. The maximum absolute atomic E-state index is 12.6. The normalized spacial score (nSPS) is 11.6. The fourth-order valence-corrected chi connectivity index (χ4v) is 3.75. The summed E-state index contributed by atoms with van der Waals surface area (Å²) < 4.78 is 86.2. The predicted molar refractivity (Wildman–Crippen MR) is 129 cm³/mol. The molecule has 2 N–H and O–H groups in total. The third kappa shape index (κ3) is 6.18. The molecule has 0 heterocycles. The van der Waals surface area contributed by atoms with Crippen molar-refractivity contribution in [2.45, 2.75) is 26.2 Å². The Balaban J connectivity index is 1.96. The molecule has 0 atom stereocenters. The molecule has 6 nitrogen and oxygen atoms in total. The van der Waals surface area contributed by atoms with Crippen molar-refractivity contribution in [1.82, 2.24) is 0 Å². The number of aryl methyl sites for hydroxylation is 2. The number of rotatable bonds is 6. The van der Waals surface area contributed by atoms with Crippen molar-refractivity contribution in [3.63, 3.8) is 0 Å². The molecule has 0 aliphatic rings. The molecule has 3 aromatic rings. The summed E-state index contributed by atoms with van der Waals surface area (Å²) in [7, 11) is 2.52. The molecule has 0 bridgehead atoms. The zero-order valence-corrected chi connectivity index (χ0v) is 20.5. The fraction of sp³-hybridized carbons (Fsp3) is 0.231. The Kier molecular flexibility index (Phi) is 7.94. The van der Waals surface area contributed by atoms with E-state index in [0.29, 0.717) is 11.1 Å². The van der Waals surface area contributed by atoms with Gasteiger partial charge >= 0.3 is 24.2 Å². The monoisotopic (exact) mass is 540 g/mol. The quantitative estimate of drug-likeness (QED) is 0.343. The van der Waals surface area contributed by atoms with Gasteiger partial charge in [0.2, 0.25) is 0 Å². The largest absolute Gasteiger partial charge is 0.495 e. The van der Waals surface area contributed by atoms with E-state index in [0.717, 1.165) is 22.3 Å². The third-order valence-corrected chi connectivity index (χ3v) is 5.61. The second kappa shape index (κ2) is 10.6. The highest BCUT2D eigenvalue weighted by Gasteiger charge is 2.40. The number of nitrogens with one attached hydrogen (secondary N) is 2. The molecule has 38 heavy (non-hydrogen) atoms. The van der Waals surface area contributed by atoms with Crippen LogP contribution in [0.25, 0.3) is 22.3 Å². The number of carbonyl (C=O) groups is 2. The summed E-state index contributed by atoms with van der Waals surface area (Å²) in [5.41, 5.74) is 3.95. The highest BCUT2D eigenvalue weighted by molar-refractivity contribution is 5.97. The predicted octanol–water partition coefficient (Wildman–Crippen LogP) is 6.66. The van der Waals surface area contributed by atoms with Crippen LogP contribution in [0.15, 0.2) is 48.5 Å². The molecule has 3 aromatic carbocycles. The Labute approximate surface area is 213 Å². The van der Waals surface area contributed by atoms with Crippen molar-refractivity contribution in [1.29, 1.82) is 0 Å².